The molecule has 1 aromatic heterocycles. The molecular formula is C15H23N5. The van der Waals surface area contributed by atoms with Crippen molar-refractivity contribution in [3.05, 3.63) is 30.0 Å². The first-order chi connectivity index (χ1) is 9.36. The zero-order valence-electron chi connectivity index (χ0n) is 13.1. The lowest BCUT2D eigenvalue weighted by atomic mass is 9.92. The van der Waals surface area contributed by atoms with Gasteiger partial charge in [0.05, 0.1) is 11.4 Å². The lowest BCUT2D eigenvalue weighted by molar-refractivity contribution is 0.567. The number of nitrogens with zero attached hydrogens (tertiary/aromatic N) is 4. The van der Waals surface area contributed by atoms with Crippen molar-refractivity contribution in [3.63, 3.8) is 0 Å². The molecule has 0 atom stereocenters. The third kappa shape index (κ3) is 2.48. The minimum absolute atomic E-state index is 0.0492. The number of anilines is 3. The Bertz CT molecular complexity index is 595. The summed E-state index contributed by atoms with van der Waals surface area (Å²) < 4.78 is 1.83. The van der Waals surface area contributed by atoms with Crippen LogP contribution in [0.15, 0.2) is 24.3 Å². The molecule has 0 saturated heterocycles. The fourth-order valence-electron chi connectivity index (χ4n) is 2.31. The largest absolute Gasteiger partial charge is 0.386 e. The van der Waals surface area contributed by atoms with E-state index in [0.29, 0.717) is 0 Å². The van der Waals surface area contributed by atoms with Crippen LogP contribution in [0, 0.1) is 0 Å². The van der Waals surface area contributed by atoms with Crippen molar-refractivity contribution in [2.24, 2.45) is 7.05 Å². The lowest BCUT2D eigenvalue weighted by Gasteiger charge is -2.26. The summed E-state index contributed by atoms with van der Waals surface area (Å²) in [6.07, 6.45) is 0. The van der Waals surface area contributed by atoms with Gasteiger partial charge in [0.15, 0.2) is 5.82 Å². The average molecular weight is 273 g/mol. The first-order valence-electron chi connectivity index (χ1n) is 6.77. The van der Waals surface area contributed by atoms with Gasteiger partial charge in [0.25, 0.3) is 0 Å². The van der Waals surface area contributed by atoms with Gasteiger partial charge in [0, 0.05) is 26.6 Å². The number of hydrogen-bond donors (Lipinski definition) is 1. The number of benzene rings is 1. The van der Waals surface area contributed by atoms with Gasteiger partial charge in [-0.15, -0.1) is 5.10 Å². The maximum atomic E-state index is 4.34. The van der Waals surface area contributed by atoms with E-state index in [1.54, 1.807) is 0 Å². The Balaban J connectivity index is 2.54. The van der Waals surface area contributed by atoms with Crippen LogP contribution in [-0.4, -0.2) is 29.1 Å². The molecule has 0 amide bonds. The Morgan fingerprint density at radius 3 is 2.45 bits per heavy atom. The minimum atomic E-state index is -0.0492. The molecule has 1 heterocycles. The molecule has 0 saturated carbocycles. The number of rotatable bonds is 3. The first-order valence-corrected chi connectivity index (χ1v) is 6.77. The van der Waals surface area contributed by atoms with Gasteiger partial charge in [-0.3, -0.25) is 0 Å². The zero-order valence-corrected chi connectivity index (χ0v) is 13.1. The van der Waals surface area contributed by atoms with Crippen LogP contribution < -0.4 is 10.2 Å². The molecule has 0 spiro atoms. The molecule has 0 aliphatic carbocycles. The Hall–Kier alpha value is -2.04. The van der Waals surface area contributed by atoms with E-state index in [2.05, 4.69) is 53.4 Å². The molecule has 0 aliphatic rings. The summed E-state index contributed by atoms with van der Waals surface area (Å²) in [4.78, 5) is 2.13. The van der Waals surface area contributed by atoms with Crippen LogP contribution in [0.2, 0.25) is 0 Å². The summed E-state index contributed by atoms with van der Waals surface area (Å²) in [6.45, 7) is 6.45. The van der Waals surface area contributed by atoms with Crippen molar-refractivity contribution in [2.45, 2.75) is 26.2 Å². The summed E-state index contributed by atoms with van der Waals surface area (Å²) in [5.74, 6) is 1.01. The molecule has 5 heteroatoms. The topological polar surface area (TPSA) is 46.0 Å². The van der Waals surface area contributed by atoms with E-state index in [9.17, 15) is 0 Å². The molecule has 20 heavy (non-hydrogen) atoms. The normalized spacial score (nSPS) is 11.5. The summed E-state index contributed by atoms with van der Waals surface area (Å²) in [5.41, 5.74) is 3.13. The smallest absolute Gasteiger partial charge is 0.155 e. The van der Waals surface area contributed by atoms with E-state index in [4.69, 9.17) is 0 Å². The second kappa shape index (κ2) is 5.15. The number of aryl methyl sites for hydroxylation is 1. The van der Waals surface area contributed by atoms with Crippen molar-refractivity contribution in [1.82, 2.24) is 15.0 Å². The van der Waals surface area contributed by atoms with Gasteiger partial charge in [-0.25, -0.2) is 4.68 Å². The lowest BCUT2D eigenvalue weighted by Crippen LogP contribution is -2.21. The average Bonchev–Trinajstić information content (AvgIpc) is 2.79. The highest BCUT2D eigenvalue weighted by Gasteiger charge is 2.27. The van der Waals surface area contributed by atoms with Crippen LogP contribution in [0.5, 0.6) is 0 Å². The quantitative estimate of drug-likeness (QED) is 0.934. The molecule has 2 aromatic rings. The highest BCUT2D eigenvalue weighted by molar-refractivity contribution is 5.75. The number of nitrogens with one attached hydrogen (secondary N) is 1. The van der Waals surface area contributed by atoms with Crippen LogP contribution in [0.1, 0.15) is 26.5 Å². The van der Waals surface area contributed by atoms with E-state index in [-0.39, 0.29) is 5.41 Å². The number of hydrogen-bond acceptors (Lipinski definition) is 4. The molecule has 0 radical (unpaired) electrons. The molecule has 5 nitrogen and oxygen atoms in total. The van der Waals surface area contributed by atoms with Gasteiger partial charge in [-0.2, -0.15) is 0 Å². The van der Waals surface area contributed by atoms with Gasteiger partial charge in [-0.05, 0) is 12.1 Å². The van der Waals surface area contributed by atoms with Crippen molar-refractivity contribution < 1.29 is 0 Å². The van der Waals surface area contributed by atoms with E-state index >= 15 is 0 Å². The molecule has 0 fully saturated rings. The van der Waals surface area contributed by atoms with E-state index in [0.717, 1.165) is 22.9 Å². The molecule has 1 N–H and O–H groups in total. The van der Waals surface area contributed by atoms with E-state index in [1.165, 1.54) is 0 Å². The van der Waals surface area contributed by atoms with E-state index < -0.39 is 0 Å². The highest BCUT2D eigenvalue weighted by Crippen LogP contribution is 2.35. The maximum absolute atomic E-state index is 4.34. The Kier molecular flexibility index (Phi) is 3.70. The second-order valence-electron chi connectivity index (χ2n) is 5.96. The molecule has 2 rings (SSSR count). The standard InChI is InChI=1S/C15H23N5/c1-15(2,3)13-14(20(6)18-17-13)19(5)12-10-8-7-9-11(12)16-4/h7-10,16H,1-6H3. The van der Waals surface area contributed by atoms with Crippen LogP contribution in [0.25, 0.3) is 0 Å². The summed E-state index contributed by atoms with van der Waals surface area (Å²) in [7, 11) is 5.90. The van der Waals surface area contributed by atoms with Gasteiger partial charge in [-0.1, -0.05) is 38.1 Å². The van der Waals surface area contributed by atoms with Gasteiger partial charge in [0.2, 0.25) is 0 Å². The van der Waals surface area contributed by atoms with Gasteiger partial charge < -0.3 is 10.2 Å². The van der Waals surface area contributed by atoms with Crippen LogP contribution in [0.3, 0.4) is 0 Å². The Morgan fingerprint density at radius 1 is 1.20 bits per heavy atom. The minimum Gasteiger partial charge on any atom is -0.386 e. The van der Waals surface area contributed by atoms with Crippen molar-refractivity contribution in [3.8, 4) is 0 Å². The molecule has 0 unspecified atom stereocenters. The SMILES string of the molecule is CNc1ccccc1N(C)c1c(C(C)(C)C)nnn1C. The molecular weight excluding hydrogens is 250 g/mol. The molecule has 0 bridgehead atoms. The number of aromatic nitrogens is 3. The van der Waals surface area contributed by atoms with Gasteiger partial charge in [0.1, 0.15) is 5.69 Å². The summed E-state index contributed by atoms with van der Waals surface area (Å²) in [6, 6.07) is 8.21. The predicted molar refractivity (Wildman–Crippen MR) is 83.8 cm³/mol. The predicted octanol–water partition coefficient (Wildman–Crippen LogP) is 2.92. The van der Waals surface area contributed by atoms with Crippen LogP contribution in [-0.2, 0) is 12.5 Å². The zero-order chi connectivity index (χ0) is 14.9. The fraction of sp³-hybridized carbons (Fsp3) is 0.467. The molecule has 1 aromatic carbocycles. The Morgan fingerprint density at radius 2 is 1.85 bits per heavy atom. The monoisotopic (exact) mass is 273 g/mol. The van der Waals surface area contributed by atoms with Crippen molar-refractivity contribution in [2.75, 3.05) is 24.3 Å². The number of para-hydroxylation sites is 2. The molecule has 0 aliphatic heterocycles. The summed E-state index contributed by atoms with van der Waals surface area (Å²) in [5, 5.41) is 11.8. The third-order valence-corrected chi connectivity index (χ3v) is 3.36. The van der Waals surface area contributed by atoms with Crippen LogP contribution >= 0.6 is 0 Å². The van der Waals surface area contributed by atoms with Gasteiger partial charge >= 0.3 is 0 Å². The third-order valence-electron chi connectivity index (χ3n) is 3.36. The van der Waals surface area contributed by atoms with Crippen molar-refractivity contribution >= 4 is 17.2 Å². The fourth-order valence-corrected chi connectivity index (χ4v) is 2.31. The molecule has 108 valence electrons. The maximum Gasteiger partial charge on any atom is 0.155 e. The highest BCUT2D eigenvalue weighted by atomic mass is 15.5. The van der Waals surface area contributed by atoms with E-state index in [1.807, 2.05) is 38.0 Å². The second-order valence-corrected chi connectivity index (χ2v) is 5.96. The summed E-state index contributed by atoms with van der Waals surface area (Å²) >= 11 is 0. The Labute approximate surface area is 120 Å². The van der Waals surface area contributed by atoms with Crippen molar-refractivity contribution in [1.29, 1.82) is 0 Å². The first kappa shape index (κ1) is 14.4. The van der Waals surface area contributed by atoms with Crippen LogP contribution in [0.4, 0.5) is 17.2 Å².